The van der Waals surface area contributed by atoms with Crippen molar-refractivity contribution in [1.29, 1.82) is 0 Å². The Morgan fingerprint density at radius 2 is 1.35 bits per heavy atom. The minimum atomic E-state index is -0.0527. The van der Waals surface area contributed by atoms with Crippen molar-refractivity contribution in [1.82, 2.24) is 0 Å². The molecule has 6 aromatic rings. The fourth-order valence-corrected chi connectivity index (χ4v) is 9.12. The van der Waals surface area contributed by atoms with Crippen molar-refractivity contribution in [3.05, 3.63) is 138 Å². The van der Waals surface area contributed by atoms with Crippen LogP contribution in [0.3, 0.4) is 0 Å². The van der Waals surface area contributed by atoms with Crippen molar-refractivity contribution in [2.75, 3.05) is 9.80 Å². The molecular weight excluding hydrogens is 633 g/mol. The molecule has 0 spiro atoms. The van der Waals surface area contributed by atoms with Crippen molar-refractivity contribution in [2.24, 2.45) is 0 Å². The van der Waals surface area contributed by atoms with Gasteiger partial charge < -0.3 is 9.32 Å². The van der Waals surface area contributed by atoms with Crippen LogP contribution in [0.15, 0.2) is 120 Å². The summed E-state index contributed by atoms with van der Waals surface area (Å²) in [6.45, 7) is 21.2. The maximum Gasteiger partial charge on any atom is 0.205 e. The highest BCUT2D eigenvalue weighted by Gasteiger charge is 2.57. The number of nitrogens with zero attached hydrogens (tertiary/aromatic N) is 2. The first-order chi connectivity index (χ1) is 24.7. The van der Waals surface area contributed by atoms with Gasteiger partial charge in [-0.25, -0.2) is 0 Å². The monoisotopic (exact) mass is 686 g/mol. The molecular formula is C49H54N2O. The highest BCUT2D eigenvalue weighted by Crippen LogP contribution is 2.61. The zero-order valence-corrected chi connectivity index (χ0v) is 32.6. The number of fused-ring (bicyclic) bond motifs is 4. The molecule has 1 aliphatic heterocycles. The van der Waals surface area contributed by atoms with Crippen LogP contribution in [0.25, 0.3) is 22.1 Å². The summed E-state index contributed by atoms with van der Waals surface area (Å²) in [5.74, 6) is 0.809. The molecule has 2 atom stereocenters. The first-order valence-corrected chi connectivity index (χ1v) is 19.2. The second-order valence-corrected chi connectivity index (χ2v) is 18.0. The quantitative estimate of drug-likeness (QED) is 0.180. The van der Waals surface area contributed by atoms with Gasteiger partial charge in [0.25, 0.3) is 0 Å². The summed E-state index contributed by atoms with van der Waals surface area (Å²) < 4.78 is 6.77. The minimum Gasteiger partial charge on any atom is -0.440 e. The van der Waals surface area contributed by atoms with Crippen LogP contribution in [0.4, 0.5) is 28.6 Å². The van der Waals surface area contributed by atoms with Gasteiger partial charge in [-0.05, 0) is 108 Å². The Hall–Kier alpha value is -4.76. The van der Waals surface area contributed by atoms with Crippen LogP contribution >= 0.6 is 0 Å². The maximum absolute atomic E-state index is 6.77. The van der Waals surface area contributed by atoms with Crippen molar-refractivity contribution in [3.63, 3.8) is 0 Å². The second-order valence-electron chi connectivity index (χ2n) is 18.0. The molecule has 266 valence electrons. The first-order valence-electron chi connectivity index (χ1n) is 19.2. The Kier molecular flexibility index (Phi) is 8.02. The minimum absolute atomic E-state index is 0.000841. The van der Waals surface area contributed by atoms with E-state index < -0.39 is 0 Å². The van der Waals surface area contributed by atoms with Gasteiger partial charge in [-0.3, -0.25) is 4.90 Å². The summed E-state index contributed by atoms with van der Waals surface area (Å²) in [7, 11) is 0. The van der Waals surface area contributed by atoms with Gasteiger partial charge in [-0.15, -0.1) is 0 Å². The molecule has 2 unspecified atom stereocenters. The molecule has 1 aromatic heterocycles. The molecule has 2 heterocycles. The van der Waals surface area contributed by atoms with Gasteiger partial charge in [0.2, 0.25) is 5.88 Å². The van der Waals surface area contributed by atoms with Gasteiger partial charge >= 0.3 is 0 Å². The number of aryl methyl sites for hydroxylation is 1. The molecule has 0 N–H and O–H groups in total. The van der Waals surface area contributed by atoms with Crippen LogP contribution in [0, 0.1) is 6.92 Å². The molecule has 1 aliphatic carbocycles. The average Bonchev–Trinajstić information content (AvgIpc) is 3.61. The van der Waals surface area contributed by atoms with Crippen LogP contribution in [0.2, 0.25) is 0 Å². The van der Waals surface area contributed by atoms with E-state index in [1.54, 1.807) is 0 Å². The summed E-state index contributed by atoms with van der Waals surface area (Å²) in [5.41, 5.74) is 13.6. The van der Waals surface area contributed by atoms with Crippen LogP contribution in [-0.2, 0) is 16.2 Å². The van der Waals surface area contributed by atoms with Crippen LogP contribution < -0.4 is 9.80 Å². The lowest BCUT2D eigenvalue weighted by Gasteiger charge is -2.50. The van der Waals surface area contributed by atoms with Crippen molar-refractivity contribution in [2.45, 2.75) is 110 Å². The third-order valence-corrected chi connectivity index (χ3v) is 12.4. The molecule has 0 amide bonds. The second kappa shape index (κ2) is 12.2. The van der Waals surface area contributed by atoms with E-state index >= 15 is 0 Å². The largest absolute Gasteiger partial charge is 0.440 e. The van der Waals surface area contributed by atoms with E-state index in [-0.39, 0.29) is 21.8 Å². The van der Waals surface area contributed by atoms with Gasteiger partial charge in [0.15, 0.2) is 0 Å². The number of rotatable bonds is 5. The summed E-state index contributed by atoms with van der Waals surface area (Å²) in [6.07, 6.45) is 4.87. The first kappa shape index (κ1) is 34.3. The van der Waals surface area contributed by atoms with E-state index in [0.29, 0.717) is 0 Å². The van der Waals surface area contributed by atoms with E-state index in [0.717, 1.165) is 34.6 Å². The molecule has 3 heteroatoms. The van der Waals surface area contributed by atoms with Gasteiger partial charge in [0.1, 0.15) is 5.58 Å². The van der Waals surface area contributed by atoms with Crippen molar-refractivity contribution in [3.8, 4) is 11.1 Å². The predicted octanol–water partition coefficient (Wildman–Crippen LogP) is 14.2. The smallest absolute Gasteiger partial charge is 0.205 e. The zero-order valence-electron chi connectivity index (χ0n) is 32.6. The number of hydrogen-bond donors (Lipinski definition) is 0. The average molecular weight is 687 g/mol. The van der Waals surface area contributed by atoms with Crippen molar-refractivity contribution >= 4 is 39.6 Å². The third kappa shape index (κ3) is 5.56. The Labute approximate surface area is 311 Å². The Bertz CT molecular complexity index is 2250. The SMILES string of the molecule is Cc1cc(N(c2cc3ccccc3o2)c2ccc(C(C)(C)C)cc2-c2ccccc2)cc(N2c3ccc(C(C)(C)C)cc3C3(C)CCCCC23C)c1. The zero-order chi connectivity index (χ0) is 36.6. The highest BCUT2D eigenvalue weighted by molar-refractivity contribution is 5.92. The van der Waals surface area contributed by atoms with E-state index in [4.69, 9.17) is 4.42 Å². The Balaban J connectivity index is 1.37. The summed E-state index contributed by atoms with van der Waals surface area (Å²) in [4.78, 5) is 5.06. The van der Waals surface area contributed by atoms with Gasteiger partial charge in [-0.1, -0.05) is 128 Å². The Morgan fingerprint density at radius 3 is 2.08 bits per heavy atom. The fraction of sp³-hybridized carbons (Fsp3) is 0.347. The fourth-order valence-electron chi connectivity index (χ4n) is 9.12. The highest BCUT2D eigenvalue weighted by atomic mass is 16.4. The number of benzene rings is 5. The van der Waals surface area contributed by atoms with E-state index in [9.17, 15) is 0 Å². The maximum atomic E-state index is 6.77. The molecule has 8 rings (SSSR count). The third-order valence-electron chi connectivity index (χ3n) is 12.4. The molecule has 2 aliphatic rings. The summed E-state index contributed by atoms with van der Waals surface area (Å²) in [6, 6.07) is 42.8. The lowest BCUT2D eigenvalue weighted by atomic mass is 9.61. The summed E-state index contributed by atoms with van der Waals surface area (Å²) >= 11 is 0. The van der Waals surface area contributed by atoms with Gasteiger partial charge in [0, 0.05) is 33.8 Å². The lowest BCUT2D eigenvalue weighted by molar-refractivity contribution is 0.195. The molecule has 0 radical (unpaired) electrons. The number of furan rings is 1. The summed E-state index contributed by atoms with van der Waals surface area (Å²) in [5, 5.41) is 1.09. The standard InChI is InChI=1S/C49H54N2O/c1-33-27-38(32-39(28-33)51-43-24-22-37(47(5,6)7)31-41(43)48(8)25-15-16-26-49(48,51)9)50(45-29-35-19-13-14-20-44(35)52-45)42-23-21-36(46(2,3)4)30-40(42)34-17-11-10-12-18-34/h10-14,17-24,27-32H,15-16,25-26H2,1-9H3. The molecule has 3 nitrogen and oxygen atoms in total. The molecule has 0 saturated heterocycles. The number of para-hydroxylation sites is 1. The topological polar surface area (TPSA) is 19.6 Å². The van der Waals surface area contributed by atoms with E-state index in [2.05, 4.69) is 187 Å². The normalized spacial score (nSPS) is 20.2. The molecule has 52 heavy (non-hydrogen) atoms. The van der Waals surface area contributed by atoms with Crippen LogP contribution in [0.5, 0.6) is 0 Å². The molecule has 0 bridgehead atoms. The van der Waals surface area contributed by atoms with E-state index in [1.807, 2.05) is 0 Å². The predicted molar refractivity (Wildman–Crippen MR) is 221 cm³/mol. The van der Waals surface area contributed by atoms with Crippen LogP contribution in [0.1, 0.15) is 103 Å². The van der Waals surface area contributed by atoms with Crippen molar-refractivity contribution < 1.29 is 4.42 Å². The van der Waals surface area contributed by atoms with Crippen LogP contribution in [-0.4, -0.2) is 5.54 Å². The van der Waals surface area contributed by atoms with Gasteiger partial charge in [-0.2, -0.15) is 0 Å². The lowest BCUT2D eigenvalue weighted by Crippen LogP contribution is -2.54. The molecule has 1 fully saturated rings. The number of hydrogen-bond acceptors (Lipinski definition) is 3. The number of anilines is 5. The molecule has 5 aromatic carbocycles. The molecule has 1 saturated carbocycles. The Morgan fingerprint density at radius 1 is 0.673 bits per heavy atom. The van der Waals surface area contributed by atoms with E-state index in [1.165, 1.54) is 64.0 Å². The van der Waals surface area contributed by atoms with Gasteiger partial charge in [0.05, 0.1) is 16.9 Å².